The van der Waals surface area contributed by atoms with E-state index in [0.29, 0.717) is 11.4 Å². The number of carbonyl (C=O) groups excluding carboxylic acids is 3. The Morgan fingerprint density at radius 1 is 1.12 bits per heavy atom. The van der Waals surface area contributed by atoms with Crippen LogP contribution in [-0.4, -0.2) is 30.9 Å². The van der Waals surface area contributed by atoms with Gasteiger partial charge in [0.1, 0.15) is 12.4 Å². The highest BCUT2D eigenvalue weighted by molar-refractivity contribution is 6.10. The smallest absolute Gasteiger partial charge is 0.341 e. The second-order valence-electron chi connectivity index (χ2n) is 5.10. The number of rotatable bonds is 3. The zero-order valence-electron chi connectivity index (χ0n) is 12.5. The Labute approximate surface area is 136 Å². The van der Waals surface area contributed by atoms with Gasteiger partial charge < -0.3 is 10.1 Å². The van der Waals surface area contributed by atoms with Gasteiger partial charge in [0.25, 0.3) is 5.91 Å². The van der Waals surface area contributed by atoms with E-state index in [4.69, 9.17) is 4.74 Å². The van der Waals surface area contributed by atoms with E-state index in [-0.39, 0.29) is 18.0 Å². The molecular weight excluding hydrogens is 315 g/mol. The fourth-order valence-electron chi connectivity index (χ4n) is 2.37. The van der Waals surface area contributed by atoms with Crippen LogP contribution in [0.1, 0.15) is 10.4 Å². The molecule has 0 bridgehead atoms. The fraction of sp³-hybridized carbons (Fsp3) is 0.118. The first-order valence-electron chi connectivity index (χ1n) is 7.17. The van der Waals surface area contributed by atoms with Crippen LogP contribution < -0.4 is 10.2 Å². The van der Waals surface area contributed by atoms with Gasteiger partial charge in [0.2, 0.25) is 5.91 Å². The minimum Gasteiger partial charge on any atom is -0.452 e. The molecule has 1 heterocycles. The van der Waals surface area contributed by atoms with Gasteiger partial charge in [0.05, 0.1) is 16.9 Å². The van der Waals surface area contributed by atoms with E-state index in [2.05, 4.69) is 5.32 Å². The number of nitrogens with one attached hydrogen (secondary N) is 1. The van der Waals surface area contributed by atoms with E-state index in [1.165, 1.54) is 23.1 Å². The number of para-hydroxylation sites is 2. The summed E-state index contributed by atoms with van der Waals surface area (Å²) in [5, 5.41) is 2.65. The molecule has 2 aromatic rings. The summed E-state index contributed by atoms with van der Waals surface area (Å²) in [7, 11) is 0. The summed E-state index contributed by atoms with van der Waals surface area (Å²) < 4.78 is 18.4. The average molecular weight is 328 g/mol. The molecule has 24 heavy (non-hydrogen) atoms. The van der Waals surface area contributed by atoms with Gasteiger partial charge in [-0.2, -0.15) is 0 Å². The molecule has 0 spiro atoms. The largest absolute Gasteiger partial charge is 0.452 e. The minimum atomic E-state index is -0.934. The van der Waals surface area contributed by atoms with Gasteiger partial charge in [-0.1, -0.05) is 24.3 Å². The van der Waals surface area contributed by atoms with Crippen molar-refractivity contribution >= 4 is 29.2 Å². The Hall–Kier alpha value is -3.22. The van der Waals surface area contributed by atoms with Gasteiger partial charge in [-0.25, -0.2) is 9.18 Å². The lowest BCUT2D eigenvalue weighted by molar-refractivity contribution is -0.124. The Morgan fingerprint density at radius 2 is 1.83 bits per heavy atom. The molecule has 0 saturated heterocycles. The molecule has 0 unspecified atom stereocenters. The van der Waals surface area contributed by atoms with Gasteiger partial charge in [0.15, 0.2) is 6.61 Å². The maximum Gasteiger partial charge on any atom is 0.341 e. The normalized spacial score (nSPS) is 13.0. The molecule has 0 radical (unpaired) electrons. The summed E-state index contributed by atoms with van der Waals surface area (Å²) in [5.74, 6) is -2.57. The number of anilines is 2. The van der Waals surface area contributed by atoms with E-state index in [1.807, 2.05) is 0 Å². The molecular formula is C17H13FN2O4. The van der Waals surface area contributed by atoms with Gasteiger partial charge in [-0.3, -0.25) is 14.5 Å². The molecule has 1 N–H and O–H groups in total. The van der Waals surface area contributed by atoms with Gasteiger partial charge in [-0.15, -0.1) is 0 Å². The molecule has 0 aliphatic carbocycles. The number of halogens is 1. The second kappa shape index (κ2) is 6.49. The van der Waals surface area contributed by atoms with Crippen molar-refractivity contribution in [1.82, 2.24) is 0 Å². The Kier molecular flexibility index (Phi) is 4.24. The molecule has 0 aromatic heterocycles. The number of nitrogens with zero attached hydrogens (tertiary/aromatic N) is 1. The number of fused-ring (bicyclic) bond motifs is 1. The van der Waals surface area contributed by atoms with Crippen molar-refractivity contribution in [3.8, 4) is 0 Å². The third-order valence-corrected chi connectivity index (χ3v) is 3.49. The van der Waals surface area contributed by atoms with Crippen molar-refractivity contribution in [2.75, 3.05) is 23.4 Å². The van der Waals surface area contributed by atoms with Gasteiger partial charge in [0, 0.05) is 0 Å². The summed E-state index contributed by atoms with van der Waals surface area (Å²) in [6.07, 6.45) is 0. The molecule has 2 aromatic carbocycles. The first-order chi connectivity index (χ1) is 11.6. The lowest BCUT2D eigenvalue weighted by atomic mass is 10.2. The molecule has 3 rings (SSSR count). The van der Waals surface area contributed by atoms with Crippen LogP contribution in [-0.2, 0) is 14.3 Å². The Bertz CT molecular complexity index is 822. The van der Waals surface area contributed by atoms with Gasteiger partial charge >= 0.3 is 5.97 Å². The standard InChI is InChI=1S/C17H13FN2O4/c18-12-6-2-1-5-11(12)17(23)24-10-16(22)20-9-15(21)19-13-7-3-4-8-14(13)20/h1-8H,9-10H2,(H,19,21). The van der Waals surface area contributed by atoms with Crippen LogP contribution in [0.5, 0.6) is 0 Å². The van der Waals surface area contributed by atoms with E-state index < -0.39 is 24.3 Å². The molecule has 2 amide bonds. The number of carbonyl (C=O) groups is 3. The summed E-state index contributed by atoms with van der Waals surface area (Å²) in [4.78, 5) is 37.1. The number of hydrogen-bond donors (Lipinski definition) is 1. The van der Waals surface area contributed by atoms with E-state index in [1.54, 1.807) is 24.3 Å². The van der Waals surface area contributed by atoms with E-state index in [9.17, 15) is 18.8 Å². The topological polar surface area (TPSA) is 75.7 Å². The monoisotopic (exact) mass is 328 g/mol. The van der Waals surface area contributed by atoms with Crippen LogP contribution in [0.2, 0.25) is 0 Å². The number of amides is 2. The average Bonchev–Trinajstić information content (AvgIpc) is 2.59. The molecule has 6 nitrogen and oxygen atoms in total. The number of benzene rings is 2. The zero-order chi connectivity index (χ0) is 17.1. The summed E-state index contributed by atoms with van der Waals surface area (Å²) >= 11 is 0. The van der Waals surface area contributed by atoms with Crippen LogP contribution in [0.15, 0.2) is 48.5 Å². The summed E-state index contributed by atoms with van der Waals surface area (Å²) in [6.45, 7) is -0.762. The molecule has 0 fully saturated rings. The van der Waals surface area contributed by atoms with Crippen molar-refractivity contribution in [3.05, 3.63) is 59.9 Å². The van der Waals surface area contributed by atoms with Crippen LogP contribution >= 0.6 is 0 Å². The first-order valence-corrected chi connectivity index (χ1v) is 7.17. The predicted molar refractivity (Wildman–Crippen MR) is 84.1 cm³/mol. The maximum atomic E-state index is 13.5. The van der Waals surface area contributed by atoms with Crippen LogP contribution in [0.3, 0.4) is 0 Å². The summed E-state index contributed by atoms with van der Waals surface area (Å²) in [6, 6.07) is 12.1. The highest BCUT2D eigenvalue weighted by atomic mass is 19.1. The maximum absolute atomic E-state index is 13.5. The van der Waals surface area contributed by atoms with Crippen molar-refractivity contribution in [2.45, 2.75) is 0 Å². The third-order valence-electron chi connectivity index (χ3n) is 3.49. The lowest BCUT2D eigenvalue weighted by Gasteiger charge is -2.28. The van der Waals surface area contributed by atoms with Crippen LogP contribution in [0.4, 0.5) is 15.8 Å². The highest BCUT2D eigenvalue weighted by Crippen LogP contribution is 2.28. The van der Waals surface area contributed by atoms with Gasteiger partial charge in [-0.05, 0) is 24.3 Å². The predicted octanol–water partition coefficient (Wildman–Crippen LogP) is 1.97. The fourth-order valence-corrected chi connectivity index (χ4v) is 2.37. The molecule has 0 atom stereocenters. The summed E-state index contributed by atoms with van der Waals surface area (Å²) in [5.41, 5.74) is 0.772. The van der Waals surface area contributed by atoms with Crippen molar-refractivity contribution in [2.24, 2.45) is 0 Å². The lowest BCUT2D eigenvalue weighted by Crippen LogP contribution is -2.44. The zero-order valence-corrected chi connectivity index (χ0v) is 12.5. The molecule has 122 valence electrons. The molecule has 1 aliphatic heterocycles. The van der Waals surface area contributed by atoms with Crippen molar-refractivity contribution in [3.63, 3.8) is 0 Å². The Morgan fingerprint density at radius 3 is 2.62 bits per heavy atom. The number of ether oxygens (including phenoxy) is 1. The SMILES string of the molecule is O=C1CN(C(=O)COC(=O)c2ccccc2F)c2ccccc2N1. The number of esters is 1. The first kappa shape index (κ1) is 15.7. The number of hydrogen-bond acceptors (Lipinski definition) is 4. The minimum absolute atomic E-state index is 0.174. The van der Waals surface area contributed by atoms with Crippen LogP contribution in [0, 0.1) is 5.82 Å². The molecule has 1 aliphatic rings. The second-order valence-corrected chi connectivity index (χ2v) is 5.10. The van der Waals surface area contributed by atoms with E-state index >= 15 is 0 Å². The highest BCUT2D eigenvalue weighted by Gasteiger charge is 2.27. The van der Waals surface area contributed by atoms with Crippen molar-refractivity contribution < 1.29 is 23.5 Å². The van der Waals surface area contributed by atoms with Crippen LogP contribution in [0.25, 0.3) is 0 Å². The Balaban J connectivity index is 1.71. The van der Waals surface area contributed by atoms with Crippen molar-refractivity contribution in [1.29, 1.82) is 0 Å². The molecule has 0 saturated carbocycles. The molecule has 7 heteroatoms. The third kappa shape index (κ3) is 3.10. The quantitative estimate of drug-likeness (QED) is 0.874. The van der Waals surface area contributed by atoms with E-state index in [0.717, 1.165) is 6.07 Å².